The van der Waals surface area contributed by atoms with E-state index in [1.54, 1.807) is 53.7 Å². The topological polar surface area (TPSA) is 119 Å². The number of hydrogen-bond acceptors (Lipinski definition) is 8. The molecule has 0 radical (unpaired) electrons. The molecule has 0 spiro atoms. The Hall–Kier alpha value is -3.31. The number of rotatable bonds is 8. The van der Waals surface area contributed by atoms with Crippen LogP contribution in [0.25, 0.3) is 11.4 Å². The molecule has 3 aromatic rings. The van der Waals surface area contributed by atoms with Crippen LogP contribution in [0.4, 0.5) is 0 Å². The number of carbonyl (C=O) groups is 1. The van der Waals surface area contributed by atoms with Crippen molar-refractivity contribution in [3.05, 3.63) is 54.7 Å². The molecular weight excluding hydrogens is 446 g/mol. The Balaban J connectivity index is 1.28. The summed E-state index contributed by atoms with van der Waals surface area (Å²) in [5.41, 5.74) is 0.788. The van der Waals surface area contributed by atoms with Gasteiger partial charge in [0.05, 0.1) is 11.5 Å². The number of sulfonamides is 1. The normalized spacial score (nSPS) is 14.9. The predicted molar refractivity (Wildman–Crippen MR) is 119 cm³/mol. The maximum atomic E-state index is 12.9. The van der Waals surface area contributed by atoms with Crippen molar-refractivity contribution in [2.24, 2.45) is 0 Å². The highest BCUT2D eigenvalue weighted by atomic mass is 32.2. The van der Waals surface area contributed by atoms with E-state index in [1.165, 1.54) is 4.31 Å². The van der Waals surface area contributed by atoms with Gasteiger partial charge in [-0.25, -0.2) is 8.42 Å². The number of benzene rings is 1. The van der Waals surface area contributed by atoms with Gasteiger partial charge in [0.1, 0.15) is 5.75 Å². The van der Waals surface area contributed by atoms with Crippen LogP contribution in [0.15, 0.2) is 58.2 Å². The summed E-state index contributed by atoms with van der Waals surface area (Å²) < 4.78 is 37.8. The van der Waals surface area contributed by atoms with Crippen LogP contribution in [-0.4, -0.2) is 71.4 Å². The van der Waals surface area contributed by atoms with Crippen LogP contribution < -0.4 is 4.74 Å². The highest BCUT2D eigenvalue weighted by Crippen LogP contribution is 2.21. The lowest BCUT2D eigenvalue weighted by Gasteiger charge is -2.34. The molecule has 4 rings (SSSR count). The molecule has 1 aliphatic heterocycles. The van der Waals surface area contributed by atoms with Crippen molar-refractivity contribution < 1.29 is 22.5 Å². The lowest BCUT2D eigenvalue weighted by Crippen LogP contribution is -2.50. The summed E-state index contributed by atoms with van der Waals surface area (Å²) >= 11 is 0. The first-order valence-corrected chi connectivity index (χ1v) is 12.1. The first kappa shape index (κ1) is 22.9. The molecule has 0 aliphatic carbocycles. The van der Waals surface area contributed by atoms with Gasteiger partial charge in [0, 0.05) is 57.0 Å². The maximum absolute atomic E-state index is 12.9. The number of hydrogen-bond donors (Lipinski definition) is 0. The molecule has 0 saturated carbocycles. The fraction of sp³-hybridized carbons (Fsp3) is 0.364. The lowest BCUT2D eigenvalue weighted by molar-refractivity contribution is -0.132. The van der Waals surface area contributed by atoms with Crippen LogP contribution in [0, 0.1) is 0 Å². The van der Waals surface area contributed by atoms with Crippen LogP contribution >= 0.6 is 0 Å². The Kier molecular flexibility index (Phi) is 6.99. The second-order valence-electron chi connectivity index (χ2n) is 7.44. The molecule has 11 heteroatoms. The summed E-state index contributed by atoms with van der Waals surface area (Å²) in [5, 5.41) is 3.94. The van der Waals surface area contributed by atoms with E-state index in [-0.39, 0.29) is 30.3 Å². The Labute approximate surface area is 192 Å². The van der Waals surface area contributed by atoms with Gasteiger partial charge in [0.15, 0.2) is 0 Å². The van der Waals surface area contributed by atoms with Crippen LogP contribution in [0.5, 0.6) is 5.75 Å². The maximum Gasteiger partial charge on any atom is 0.243 e. The van der Waals surface area contributed by atoms with Gasteiger partial charge < -0.3 is 14.2 Å². The van der Waals surface area contributed by atoms with Gasteiger partial charge in [0.25, 0.3) is 0 Å². The van der Waals surface area contributed by atoms with Gasteiger partial charge >= 0.3 is 0 Å². The zero-order valence-electron chi connectivity index (χ0n) is 18.3. The first-order chi connectivity index (χ1) is 16.0. The number of aryl methyl sites for hydroxylation is 1. The molecule has 0 N–H and O–H groups in total. The van der Waals surface area contributed by atoms with E-state index < -0.39 is 10.0 Å². The van der Waals surface area contributed by atoms with Gasteiger partial charge in [-0.1, -0.05) is 5.16 Å². The van der Waals surface area contributed by atoms with Gasteiger partial charge in [-0.3, -0.25) is 9.78 Å². The third-order valence-corrected chi connectivity index (χ3v) is 7.24. The van der Waals surface area contributed by atoms with E-state index >= 15 is 0 Å². The van der Waals surface area contributed by atoms with Crippen molar-refractivity contribution in [1.82, 2.24) is 24.3 Å². The predicted octanol–water partition coefficient (Wildman–Crippen LogP) is 2.00. The molecule has 33 heavy (non-hydrogen) atoms. The molecule has 1 amide bonds. The number of amides is 1. The number of nitrogens with zero attached hydrogens (tertiary/aromatic N) is 5. The second-order valence-corrected chi connectivity index (χ2v) is 9.37. The minimum Gasteiger partial charge on any atom is -0.494 e. The van der Waals surface area contributed by atoms with E-state index in [0.717, 1.165) is 5.56 Å². The number of piperazine rings is 1. The molecule has 1 aromatic carbocycles. The van der Waals surface area contributed by atoms with E-state index in [0.29, 0.717) is 43.6 Å². The van der Waals surface area contributed by atoms with Crippen molar-refractivity contribution in [3.63, 3.8) is 0 Å². The summed E-state index contributed by atoms with van der Waals surface area (Å²) in [6, 6.07) is 9.94. The van der Waals surface area contributed by atoms with Crippen LogP contribution in [0.3, 0.4) is 0 Å². The van der Waals surface area contributed by atoms with Crippen LogP contribution in [0.1, 0.15) is 19.2 Å². The van der Waals surface area contributed by atoms with Gasteiger partial charge in [0.2, 0.25) is 27.6 Å². The molecule has 3 heterocycles. The summed E-state index contributed by atoms with van der Waals surface area (Å²) in [5.74, 6) is 1.39. The highest BCUT2D eigenvalue weighted by Gasteiger charge is 2.30. The first-order valence-electron chi connectivity index (χ1n) is 10.7. The molecule has 1 fully saturated rings. The van der Waals surface area contributed by atoms with Crippen LogP contribution in [-0.2, 0) is 21.2 Å². The average molecular weight is 472 g/mol. The van der Waals surface area contributed by atoms with Gasteiger partial charge in [-0.05, 0) is 43.3 Å². The number of ether oxygens (including phenoxy) is 1. The highest BCUT2D eigenvalue weighted by molar-refractivity contribution is 7.89. The molecule has 0 atom stereocenters. The largest absolute Gasteiger partial charge is 0.494 e. The number of pyridine rings is 1. The van der Waals surface area contributed by atoms with E-state index in [2.05, 4.69) is 15.1 Å². The summed E-state index contributed by atoms with van der Waals surface area (Å²) in [6.45, 7) is 3.54. The Morgan fingerprint density at radius 3 is 2.42 bits per heavy atom. The smallest absolute Gasteiger partial charge is 0.243 e. The van der Waals surface area contributed by atoms with Gasteiger partial charge in [-0.15, -0.1) is 0 Å². The Bertz CT molecular complexity index is 1170. The minimum atomic E-state index is -3.62. The van der Waals surface area contributed by atoms with Crippen molar-refractivity contribution in [2.75, 3.05) is 32.8 Å². The Morgan fingerprint density at radius 2 is 1.76 bits per heavy atom. The third-order valence-electron chi connectivity index (χ3n) is 5.32. The Morgan fingerprint density at radius 1 is 1.06 bits per heavy atom. The molecular formula is C22H25N5O5S. The van der Waals surface area contributed by atoms with Crippen molar-refractivity contribution in [3.8, 4) is 17.1 Å². The molecule has 174 valence electrons. The van der Waals surface area contributed by atoms with Crippen molar-refractivity contribution >= 4 is 15.9 Å². The summed E-state index contributed by atoms with van der Waals surface area (Å²) in [6.07, 6.45) is 3.82. The van der Waals surface area contributed by atoms with E-state index in [9.17, 15) is 13.2 Å². The molecule has 0 unspecified atom stereocenters. The lowest BCUT2D eigenvalue weighted by atomic mass is 10.2. The second kappa shape index (κ2) is 10.1. The molecule has 10 nitrogen and oxygen atoms in total. The number of carbonyl (C=O) groups excluding carboxylic acids is 1. The third kappa shape index (κ3) is 5.37. The van der Waals surface area contributed by atoms with E-state index in [1.807, 2.05) is 6.92 Å². The molecule has 0 bridgehead atoms. The molecule has 2 aromatic heterocycles. The van der Waals surface area contributed by atoms with Crippen LogP contribution in [0.2, 0.25) is 0 Å². The summed E-state index contributed by atoms with van der Waals surface area (Å²) in [4.78, 5) is 22.8. The zero-order chi connectivity index (χ0) is 23.3. The molecule has 1 aliphatic rings. The van der Waals surface area contributed by atoms with Gasteiger partial charge in [-0.2, -0.15) is 9.29 Å². The quantitative estimate of drug-likeness (QED) is 0.489. The average Bonchev–Trinajstić information content (AvgIpc) is 3.33. The standard InChI is InChI=1S/C22H25N5O5S/c1-2-31-18-3-5-19(6-4-18)33(29,30)27-15-13-26(14-16-27)21(28)8-7-20-24-22(25-32-20)17-9-11-23-12-10-17/h3-6,9-12H,2,7-8,13-16H2,1H3. The van der Waals surface area contributed by atoms with Crippen molar-refractivity contribution in [1.29, 1.82) is 0 Å². The monoisotopic (exact) mass is 471 g/mol. The number of aromatic nitrogens is 3. The van der Waals surface area contributed by atoms with E-state index in [4.69, 9.17) is 9.26 Å². The fourth-order valence-corrected chi connectivity index (χ4v) is 4.97. The zero-order valence-corrected chi connectivity index (χ0v) is 19.1. The van der Waals surface area contributed by atoms with Crippen molar-refractivity contribution in [2.45, 2.75) is 24.7 Å². The SMILES string of the molecule is CCOc1ccc(S(=O)(=O)N2CCN(C(=O)CCc3nc(-c4ccncc4)no3)CC2)cc1. The fourth-order valence-electron chi connectivity index (χ4n) is 3.55. The summed E-state index contributed by atoms with van der Waals surface area (Å²) in [7, 11) is -3.62. The molecule has 1 saturated heterocycles. The minimum absolute atomic E-state index is 0.0724.